The van der Waals surface area contributed by atoms with Crippen molar-refractivity contribution in [3.63, 3.8) is 0 Å². The normalized spacial score (nSPS) is 11.0. The van der Waals surface area contributed by atoms with Gasteiger partial charge in [0, 0.05) is 22.9 Å². The Bertz CT molecular complexity index is 1270. The van der Waals surface area contributed by atoms with E-state index in [1.807, 2.05) is 22.9 Å². The third-order valence-corrected chi connectivity index (χ3v) is 6.59. The standard InChI is InChI=1S/C21H20N4O4S2/c1-13-23-20-19(15(12-31-20)16-6-4-8-30-16)21(28)25(13)11-18(27)24(2)10-17(26)22-9-14-5-3-7-29-14/h3-8,12H,9-11H2,1-2H3,(H,22,26). The highest BCUT2D eigenvalue weighted by molar-refractivity contribution is 7.18. The Morgan fingerprint density at radius 1 is 1.26 bits per heavy atom. The van der Waals surface area contributed by atoms with Gasteiger partial charge in [0.05, 0.1) is 24.7 Å². The number of fused-ring (bicyclic) bond motifs is 1. The molecule has 8 nitrogen and oxygen atoms in total. The molecule has 0 unspecified atom stereocenters. The van der Waals surface area contributed by atoms with Gasteiger partial charge in [-0.3, -0.25) is 19.0 Å². The number of thiophene rings is 2. The molecule has 0 bridgehead atoms. The summed E-state index contributed by atoms with van der Waals surface area (Å²) in [7, 11) is 1.53. The van der Waals surface area contributed by atoms with E-state index in [-0.39, 0.29) is 37.0 Å². The zero-order valence-corrected chi connectivity index (χ0v) is 18.6. The molecule has 0 saturated carbocycles. The van der Waals surface area contributed by atoms with Crippen molar-refractivity contribution in [3.8, 4) is 10.4 Å². The summed E-state index contributed by atoms with van der Waals surface area (Å²) in [6, 6.07) is 7.37. The molecule has 0 fully saturated rings. The van der Waals surface area contributed by atoms with Gasteiger partial charge < -0.3 is 14.6 Å². The highest BCUT2D eigenvalue weighted by Gasteiger charge is 2.19. The van der Waals surface area contributed by atoms with Gasteiger partial charge in [-0.2, -0.15) is 0 Å². The quantitative estimate of drug-likeness (QED) is 0.461. The van der Waals surface area contributed by atoms with Crippen molar-refractivity contribution in [2.24, 2.45) is 0 Å². The summed E-state index contributed by atoms with van der Waals surface area (Å²) >= 11 is 2.96. The minimum Gasteiger partial charge on any atom is -0.467 e. The van der Waals surface area contributed by atoms with Crippen LogP contribution in [-0.2, 0) is 22.7 Å². The number of aromatic nitrogens is 2. The van der Waals surface area contributed by atoms with E-state index in [4.69, 9.17) is 4.42 Å². The molecular weight excluding hydrogens is 436 g/mol. The molecule has 0 radical (unpaired) electrons. The van der Waals surface area contributed by atoms with Crippen LogP contribution in [0.2, 0.25) is 0 Å². The second-order valence-corrected chi connectivity index (χ2v) is 8.77. The van der Waals surface area contributed by atoms with Crippen molar-refractivity contribution in [1.29, 1.82) is 0 Å². The molecule has 2 amide bonds. The number of carbonyl (C=O) groups excluding carboxylic acids is 2. The van der Waals surface area contributed by atoms with Gasteiger partial charge in [0.1, 0.15) is 23.0 Å². The van der Waals surface area contributed by atoms with Crippen LogP contribution in [0.5, 0.6) is 0 Å². The van der Waals surface area contributed by atoms with Gasteiger partial charge in [0.15, 0.2) is 0 Å². The molecule has 0 aromatic carbocycles. The Kier molecular flexibility index (Phi) is 6.01. The predicted octanol–water partition coefficient (Wildman–Crippen LogP) is 2.86. The first kappa shape index (κ1) is 21.0. The van der Waals surface area contributed by atoms with E-state index in [0.29, 0.717) is 21.8 Å². The fraction of sp³-hybridized carbons (Fsp3) is 0.238. The summed E-state index contributed by atoms with van der Waals surface area (Å²) in [6.45, 7) is 1.64. The Morgan fingerprint density at radius 2 is 2.10 bits per heavy atom. The van der Waals surface area contributed by atoms with E-state index >= 15 is 0 Å². The summed E-state index contributed by atoms with van der Waals surface area (Å²) in [5.41, 5.74) is 0.579. The van der Waals surface area contributed by atoms with Gasteiger partial charge in [-0.05, 0) is 30.5 Å². The maximum atomic E-state index is 13.2. The fourth-order valence-electron chi connectivity index (χ4n) is 3.14. The summed E-state index contributed by atoms with van der Waals surface area (Å²) in [5.74, 6) is 0.414. The average Bonchev–Trinajstić information content (AvgIpc) is 3.50. The maximum Gasteiger partial charge on any atom is 0.263 e. The lowest BCUT2D eigenvalue weighted by Gasteiger charge is -2.18. The topological polar surface area (TPSA) is 97.4 Å². The van der Waals surface area contributed by atoms with E-state index in [1.165, 1.54) is 34.1 Å². The van der Waals surface area contributed by atoms with Gasteiger partial charge in [0.2, 0.25) is 11.8 Å². The van der Waals surface area contributed by atoms with Crippen LogP contribution in [0, 0.1) is 6.92 Å². The molecule has 4 aromatic heterocycles. The second-order valence-electron chi connectivity index (χ2n) is 6.96. The summed E-state index contributed by atoms with van der Waals surface area (Å²) < 4.78 is 6.53. The number of hydrogen-bond acceptors (Lipinski definition) is 7. The molecule has 4 aromatic rings. The second kappa shape index (κ2) is 8.86. The molecule has 160 valence electrons. The molecule has 0 spiro atoms. The number of furan rings is 1. The number of amides is 2. The molecule has 10 heteroatoms. The molecule has 31 heavy (non-hydrogen) atoms. The summed E-state index contributed by atoms with van der Waals surface area (Å²) in [6.07, 6.45) is 1.53. The van der Waals surface area contributed by atoms with Crippen LogP contribution in [-0.4, -0.2) is 39.9 Å². The smallest absolute Gasteiger partial charge is 0.263 e. The number of likely N-dealkylation sites (N-methyl/N-ethyl adjacent to an activating group) is 1. The van der Waals surface area contributed by atoms with E-state index in [9.17, 15) is 14.4 Å². The molecule has 1 N–H and O–H groups in total. The van der Waals surface area contributed by atoms with Gasteiger partial charge >= 0.3 is 0 Å². The first-order valence-electron chi connectivity index (χ1n) is 9.49. The highest BCUT2D eigenvalue weighted by atomic mass is 32.1. The van der Waals surface area contributed by atoms with E-state index < -0.39 is 0 Å². The number of nitrogens with zero attached hydrogens (tertiary/aromatic N) is 3. The molecule has 0 atom stereocenters. The Labute approximate surface area is 185 Å². The maximum absolute atomic E-state index is 13.2. The van der Waals surface area contributed by atoms with Gasteiger partial charge in [-0.25, -0.2) is 4.98 Å². The number of nitrogens with one attached hydrogen (secondary N) is 1. The van der Waals surface area contributed by atoms with Crippen molar-refractivity contribution in [2.75, 3.05) is 13.6 Å². The third kappa shape index (κ3) is 4.44. The number of hydrogen-bond donors (Lipinski definition) is 1. The van der Waals surface area contributed by atoms with E-state index in [2.05, 4.69) is 10.3 Å². The minimum atomic E-state index is -0.354. The van der Waals surface area contributed by atoms with Crippen molar-refractivity contribution in [3.05, 3.63) is 63.2 Å². The van der Waals surface area contributed by atoms with Crippen LogP contribution < -0.4 is 10.9 Å². The van der Waals surface area contributed by atoms with Crippen LogP contribution in [0.4, 0.5) is 0 Å². The average molecular weight is 457 g/mol. The first-order chi connectivity index (χ1) is 14.9. The van der Waals surface area contributed by atoms with Gasteiger partial charge in [0.25, 0.3) is 5.56 Å². The van der Waals surface area contributed by atoms with Crippen molar-refractivity contribution < 1.29 is 14.0 Å². The Morgan fingerprint density at radius 3 is 2.81 bits per heavy atom. The summed E-state index contributed by atoms with van der Waals surface area (Å²) in [5, 5.41) is 7.09. The van der Waals surface area contributed by atoms with Crippen LogP contribution >= 0.6 is 22.7 Å². The molecular formula is C21H20N4O4S2. The molecule has 0 aliphatic rings. The van der Waals surface area contributed by atoms with Crippen LogP contribution in [0.3, 0.4) is 0 Å². The largest absolute Gasteiger partial charge is 0.467 e. The molecule has 4 rings (SSSR count). The lowest BCUT2D eigenvalue weighted by molar-refractivity contribution is -0.135. The summed E-state index contributed by atoms with van der Waals surface area (Å²) in [4.78, 5) is 45.5. The monoisotopic (exact) mass is 456 g/mol. The van der Waals surface area contributed by atoms with E-state index in [0.717, 1.165) is 10.4 Å². The number of rotatable bonds is 7. The van der Waals surface area contributed by atoms with Crippen LogP contribution in [0.1, 0.15) is 11.6 Å². The van der Waals surface area contributed by atoms with Crippen LogP contribution in [0.25, 0.3) is 20.7 Å². The fourth-order valence-corrected chi connectivity index (χ4v) is 4.94. The number of aryl methyl sites for hydroxylation is 1. The Hall–Kier alpha value is -3.24. The lowest BCUT2D eigenvalue weighted by Crippen LogP contribution is -2.41. The van der Waals surface area contributed by atoms with Crippen LogP contribution in [0.15, 0.2) is 50.5 Å². The van der Waals surface area contributed by atoms with Gasteiger partial charge in [-0.15, -0.1) is 22.7 Å². The van der Waals surface area contributed by atoms with Crippen molar-refractivity contribution >= 4 is 44.7 Å². The first-order valence-corrected chi connectivity index (χ1v) is 11.3. The zero-order chi connectivity index (χ0) is 22.0. The van der Waals surface area contributed by atoms with Crippen molar-refractivity contribution in [2.45, 2.75) is 20.0 Å². The third-order valence-electron chi connectivity index (χ3n) is 4.81. The highest BCUT2D eigenvalue weighted by Crippen LogP contribution is 2.33. The number of carbonyl (C=O) groups is 2. The SMILES string of the molecule is Cc1nc2scc(-c3cccs3)c2c(=O)n1CC(=O)N(C)CC(=O)NCc1ccco1. The zero-order valence-electron chi connectivity index (χ0n) is 17.0. The molecule has 0 aliphatic heterocycles. The predicted molar refractivity (Wildman–Crippen MR) is 120 cm³/mol. The van der Waals surface area contributed by atoms with Gasteiger partial charge in [-0.1, -0.05) is 6.07 Å². The molecule has 0 saturated heterocycles. The minimum absolute atomic E-state index is 0.123. The lowest BCUT2D eigenvalue weighted by atomic mass is 10.2. The molecule has 0 aliphatic carbocycles. The Balaban J connectivity index is 1.49. The molecule has 4 heterocycles. The van der Waals surface area contributed by atoms with E-state index in [1.54, 1.807) is 30.4 Å². The van der Waals surface area contributed by atoms with Crippen molar-refractivity contribution in [1.82, 2.24) is 19.8 Å².